The molecule has 0 N–H and O–H groups in total. The van der Waals surface area contributed by atoms with Crippen LogP contribution in [0.1, 0.15) is 22.3 Å². The second kappa shape index (κ2) is 16.0. The lowest BCUT2D eigenvalue weighted by atomic mass is 9.67. The average molecular weight is 939 g/mol. The quantitative estimate of drug-likeness (QED) is 0.159. The molecule has 0 saturated carbocycles. The molecule has 0 radical (unpaired) electrons. The molecule has 4 nitrogen and oxygen atoms in total. The number of fused-ring (bicyclic) bond motifs is 15. The fraction of sp³-hybridized carbons (Fsp3) is 0.0149. The molecule has 0 atom stereocenters. The van der Waals surface area contributed by atoms with Gasteiger partial charge in [0.2, 0.25) is 0 Å². The first-order valence-corrected chi connectivity index (χ1v) is 25.3. The smallest absolute Gasteiger partial charge is 0.143 e. The summed E-state index contributed by atoms with van der Waals surface area (Å²) in [6, 6.07) is 92.4. The van der Waals surface area contributed by atoms with Crippen molar-refractivity contribution in [1.82, 2.24) is 0 Å². The van der Waals surface area contributed by atoms with Crippen molar-refractivity contribution < 1.29 is 8.83 Å². The summed E-state index contributed by atoms with van der Waals surface area (Å²) in [6.45, 7) is 0. The van der Waals surface area contributed by atoms with Crippen molar-refractivity contribution in [3.8, 4) is 22.3 Å². The van der Waals surface area contributed by atoms with Gasteiger partial charge < -0.3 is 18.6 Å². The zero-order valence-electron chi connectivity index (χ0n) is 38.9. The number of benzene rings is 11. The van der Waals surface area contributed by atoms with Gasteiger partial charge in [0, 0.05) is 71.0 Å². The van der Waals surface area contributed by atoms with Crippen LogP contribution in [0, 0.1) is 0 Å². The van der Waals surface area contributed by atoms with E-state index in [1.807, 2.05) is 30.0 Å². The summed E-state index contributed by atoms with van der Waals surface area (Å²) in [6.07, 6.45) is 0. The lowest BCUT2D eigenvalue weighted by Crippen LogP contribution is -2.32. The third-order valence-electron chi connectivity index (χ3n) is 14.9. The van der Waals surface area contributed by atoms with Crippen LogP contribution >= 0.6 is 11.8 Å². The minimum Gasteiger partial charge on any atom is -0.456 e. The number of hydrogen-bond donors (Lipinski definition) is 0. The third kappa shape index (κ3) is 6.08. The van der Waals surface area contributed by atoms with Crippen molar-refractivity contribution in [2.45, 2.75) is 15.2 Å². The highest BCUT2D eigenvalue weighted by Crippen LogP contribution is 2.63. The van der Waals surface area contributed by atoms with E-state index < -0.39 is 5.41 Å². The Bertz CT molecular complexity index is 4230. The van der Waals surface area contributed by atoms with Gasteiger partial charge in [0.05, 0.1) is 5.41 Å². The summed E-state index contributed by atoms with van der Waals surface area (Å²) < 4.78 is 13.0. The maximum absolute atomic E-state index is 6.69. The molecule has 15 rings (SSSR count). The molecule has 0 bridgehead atoms. The number of anilines is 6. The molecule has 13 aromatic rings. The Hall–Kier alpha value is -9.03. The second-order valence-corrected chi connectivity index (χ2v) is 19.8. The van der Waals surface area contributed by atoms with Gasteiger partial charge in [-0.2, -0.15) is 0 Å². The molecular weight excluding hydrogens is 897 g/mol. The number of hydrogen-bond acceptors (Lipinski definition) is 5. The van der Waals surface area contributed by atoms with E-state index in [4.69, 9.17) is 8.83 Å². The summed E-state index contributed by atoms with van der Waals surface area (Å²) in [5.74, 6) is 0. The summed E-state index contributed by atoms with van der Waals surface area (Å²) in [4.78, 5) is 7.22. The predicted octanol–water partition coefficient (Wildman–Crippen LogP) is 18.9. The van der Waals surface area contributed by atoms with Crippen LogP contribution in [-0.4, -0.2) is 0 Å². The lowest BCUT2D eigenvalue weighted by Gasteiger charge is -2.41. The molecule has 338 valence electrons. The summed E-state index contributed by atoms with van der Waals surface area (Å²) in [5.41, 5.74) is 19.2. The highest BCUT2D eigenvalue weighted by molar-refractivity contribution is 7.99. The van der Waals surface area contributed by atoms with Crippen molar-refractivity contribution in [2.75, 3.05) is 9.80 Å². The minimum atomic E-state index is -0.570. The van der Waals surface area contributed by atoms with E-state index in [9.17, 15) is 0 Å². The molecule has 0 saturated heterocycles. The van der Waals surface area contributed by atoms with Gasteiger partial charge in [-0.3, -0.25) is 0 Å². The van der Waals surface area contributed by atoms with Gasteiger partial charge in [-0.1, -0.05) is 176 Å². The monoisotopic (exact) mass is 938 g/mol. The van der Waals surface area contributed by atoms with Crippen LogP contribution in [0.2, 0.25) is 0 Å². The Morgan fingerprint density at radius 1 is 0.292 bits per heavy atom. The number of nitrogens with zero attached hydrogens (tertiary/aromatic N) is 2. The first kappa shape index (κ1) is 40.8. The standard InChI is InChI=1S/C67H42N2O2S/c1-4-18-43(19-5-1)54-39-49(40-56-53-27-13-17-31-62(53)71-66(54)56)69(45-22-8-3-9-23-45)48-33-36-60-65(42-48)72-64-41-47(32-35-59(64)67(60)57-28-14-10-24-50(57)51-25-11-15-29-58(51)67)68(44-20-6-2-7-21-44)46-34-37-63-55(38-46)52-26-12-16-30-61(52)70-63/h1-42H. The molecular formula is C67H42N2O2S. The van der Waals surface area contributed by atoms with Crippen LogP contribution in [0.25, 0.3) is 66.1 Å². The zero-order valence-corrected chi connectivity index (χ0v) is 39.7. The molecule has 72 heavy (non-hydrogen) atoms. The maximum Gasteiger partial charge on any atom is 0.143 e. The molecule has 5 heteroatoms. The van der Waals surface area contributed by atoms with E-state index in [0.717, 1.165) is 89.1 Å². The molecule has 1 spiro atoms. The van der Waals surface area contributed by atoms with Gasteiger partial charge in [0.25, 0.3) is 0 Å². The van der Waals surface area contributed by atoms with Gasteiger partial charge >= 0.3 is 0 Å². The SMILES string of the molecule is c1ccc(-c2cc(N(c3ccccc3)c3ccc4c(c3)Sc3cc(N(c5ccccc5)c5ccc6oc7ccccc7c6c5)ccc3C43c4ccccc4-c4ccccc43)cc3c2oc2ccccc23)cc1. The zero-order chi connectivity index (χ0) is 47.3. The molecule has 1 aliphatic heterocycles. The van der Waals surface area contributed by atoms with Gasteiger partial charge in [-0.15, -0.1) is 0 Å². The predicted molar refractivity (Wildman–Crippen MR) is 297 cm³/mol. The van der Waals surface area contributed by atoms with Crippen LogP contribution in [-0.2, 0) is 5.41 Å². The Morgan fingerprint density at radius 2 is 0.750 bits per heavy atom. The van der Waals surface area contributed by atoms with Crippen molar-refractivity contribution in [2.24, 2.45) is 0 Å². The second-order valence-electron chi connectivity index (χ2n) is 18.8. The first-order valence-electron chi connectivity index (χ1n) is 24.5. The number of rotatable bonds is 7. The van der Waals surface area contributed by atoms with Crippen LogP contribution in [0.3, 0.4) is 0 Å². The Kier molecular flexibility index (Phi) is 9.07. The Balaban J connectivity index is 0.961. The third-order valence-corrected chi connectivity index (χ3v) is 16.0. The van der Waals surface area contributed by atoms with Gasteiger partial charge in [0.1, 0.15) is 22.3 Å². The fourth-order valence-corrected chi connectivity index (χ4v) is 13.1. The van der Waals surface area contributed by atoms with Crippen LogP contribution in [0.4, 0.5) is 34.1 Å². The maximum atomic E-state index is 6.69. The van der Waals surface area contributed by atoms with Crippen molar-refractivity contribution in [1.29, 1.82) is 0 Å². The number of furan rings is 2. The lowest BCUT2D eigenvalue weighted by molar-refractivity contribution is 0.669. The molecule has 2 aromatic heterocycles. The van der Waals surface area contributed by atoms with Crippen LogP contribution in [0.15, 0.2) is 273 Å². The fourth-order valence-electron chi connectivity index (χ4n) is 11.8. The van der Waals surface area contributed by atoms with Crippen molar-refractivity contribution in [3.05, 3.63) is 277 Å². The Morgan fingerprint density at radius 3 is 1.38 bits per heavy atom. The van der Waals surface area contributed by atoms with E-state index in [1.165, 1.54) is 43.2 Å². The largest absolute Gasteiger partial charge is 0.456 e. The first-order chi connectivity index (χ1) is 35.7. The van der Waals surface area contributed by atoms with E-state index in [2.05, 4.69) is 246 Å². The normalized spacial score (nSPS) is 13.1. The molecule has 11 aromatic carbocycles. The Labute approximate surface area is 420 Å². The molecule has 1 aliphatic carbocycles. The minimum absolute atomic E-state index is 0.570. The van der Waals surface area contributed by atoms with E-state index in [-0.39, 0.29) is 0 Å². The molecule has 0 unspecified atom stereocenters. The van der Waals surface area contributed by atoms with Gasteiger partial charge in [-0.05, 0) is 130 Å². The molecule has 0 fully saturated rings. The number of para-hydroxylation sites is 4. The van der Waals surface area contributed by atoms with E-state index in [0.29, 0.717) is 0 Å². The average Bonchev–Trinajstić information content (AvgIpc) is 4.10. The highest BCUT2D eigenvalue weighted by atomic mass is 32.2. The van der Waals surface area contributed by atoms with E-state index >= 15 is 0 Å². The summed E-state index contributed by atoms with van der Waals surface area (Å²) in [5, 5.41) is 4.37. The van der Waals surface area contributed by atoms with Crippen molar-refractivity contribution in [3.63, 3.8) is 0 Å². The van der Waals surface area contributed by atoms with Crippen LogP contribution in [0.5, 0.6) is 0 Å². The van der Waals surface area contributed by atoms with Crippen LogP contribution < -0.4 is 9.80 Å². The van der Waals surface area contributed by atoms with E-state index in [1.54, 1.807) is 0 Å². The highest BCUT2D eigenvalue weighted by Gasteiger charge is 2.50. The van der Waals surface area contributed by atoms with Crippen molar-refractivity contribution >= 4 is 89.8 Å². The topological polar surface area (TPSA) is 32.8 Å². The van der Waals surface area contributed by atoms with Gasteiger partial charge in [0.15, 0.2) is 0 Å². The summed E-state index contributed by atoms with van der Waals surface area (Å²) in [7, 11) is 0. The molecule has 3 heterocycles. The summed E-state index contributed by atoms with van der Waals surface area (Å²) >= 11 is 1.86. The molecule has 2 aliphatic rings. The van der Waals surface area contributed by atoms with Gasteiger partial charge in [-0.25, -0.2) is 0 Å². The molecule has 0 amide bonds.